The molecule has 0 radical (unpaired) electrons. The third-order valence-corrected chi connectivity index (χ3v) is 7.32. The van der Waals surface area contributed by atoms with E-state index in [4.69, 9.17) is 9.97 Å². The fraction of sp³-hybridized carbons (Fsp3) is 0.714. The molecule has 6 heteroatoms. The average molecular weight is 421 g/mol. The van der Waals surface area contributed by atoms with E-state index in [9.17, 15) is 0 Å². The first-order chi connectivity index (χ1) is 9.79. The maximum atomic E-state index is 4.93. The van der Waals surface area contributed by atoms with Gasteiger partial charge in [-0.3, -0.25) is 0 Å². The highest BCUT2D eigenvalue weighted by molar-refractivity contribution is 14.1. The van der Waals surface area contributed by atoms with Crippen LogP contribution in [0.2, 0.25) is 0 Å². The van der Waals surface area contributed by atoms with Crippen molar-refractivity contribution in [3.63, 3.8) is 0 Å². The molecule has 110 valence electrons. The lowest BCUT2D eigenvalue weighted by atomic mass is 10.2. The van der Waals surface area contributed by atoms with Crippen molar-refractivity contribution in [2.45, 2.75) is 37.4 Å². The van der Waals surface area contributed by atoms with E-state index in [1.807, 2.05) is 23.5 Å². The Balaban J connectivity index is 1.89. The summed E-state index contributed by atoms with van der Waals surface area (Å²) in [4.78, 5) is 9.77. The number of anilines is 1. The number of hydrogen-bond donors (Lipinski definition) is 1. The molecular weight excluding hydrogens is 401 g/mol. The molecule has 2 aliphatic rings. The van der Waals surface area contributed by atoms with Crippen LogP contribution in [-0.2, 0) is 0 Å². The molecule has 1 saturated carbocycles. The molecule has 0 aromatic carbocycles. The fourth-order valence-corrected chi connectivity index (χ4v) is 5.72. The van der Waals surface area contributed by atoms with Crippen LogP contribution in [-0.4, -0.2) is 33.8 Å². The van der Waals surface area contributed by atoms with Crippen molar-refractivity contribution in [1.82, 2.24) is 9.97 Å². The van der Waals surface area contributed by atoms with Crippen LogP contribution in [0.15, 0.2) is 0 Å². The lowest BCUT2D eigenvalue weighted by Crippen LogP contribution is -2.15. The van der Waals surface area contributed by atoms with Crippen LogP contribution in [0.5, 0.6) is 0 Å². The normalized spacial score (nSPS) is 22.8. The van der Waals surface area contributed by atoms with Gasteiger partial charge in [0.25, 0.3) is 0 Å². The van der Waals surface area contributed by atoms with Crippen molar-refractivity contribution >= 4 is 51.9 Å². The molecule has 3 nitrogen and oxygen atoms in total. The number of nitrogens with one attached hydrogen (secondary N) is 1. The standard InChI is InChI=1S/C14H20IN3S2/c1-2-5-16-14-11(15)12(9-3-4-9)17-13(18-14)10-8-19-6-7-20-10/h9-10H,2-8H2,1H3,(H,16,17,18). The summed E-state index contributed by atoms with van der Waals surface area (Å²) in [7, 11) is 0. The van der Waals surface area contributed by atoms with Gasteiger partial charge < -0.3 is 5.32 Å². The first-order valence-electron chi connectivity index (χ1n) is 7.30. The van der Waals surface area contributed by atoms with Crippen LogP contribution in [0.25, 0.3) is 0 Å². The summed E-state index contributed by atoms with van der Waals surface area (Å²) < 4.78 is 1.25. The Morgan fingerprint density at radius 2 is 2.15 bits per heavy atom. The average Bonchev–Trinajstić information content (AvgIpc) is 3.32. The Kier molecular flexibility index (Phi) is 5.36. The van der Waals surface area contributed by atoms with Crippen LogP contribution >= 0.6 is 46.1 Å². The summed E-state index contributed by atoms with van der Waals surface area (Å²) in [5, 5.41) is 3.97. The van der Waals surface area contributed by atoms with Crippen LogP contribution in [0, 0.1) is 3.57 Å². The van der Waals surface area contributed by atoms with Gasteiger partial charge in [0.1, 0.15) is 11.6 Å². The lowest BCUT2D eigenvalue weighted by molar-refractivity contribution is 0.856. The zero-order valence-electron chi connectivity index (χ0n) is 11.7. The summed E-state index contributed by atoms with van der Waals surface area (Å²) in [6, 6.07) is 0. The van der Waals surface area contributed by atoms with Crippen molar-refractivity contribution in [1.29, 1.82) is 0 Å². The third-order valence-electron chi connectivity index (χ3n) is 3.50. The predicted octanol–water partition coefficient (Wildman–Crippen LogP) is 4.30. The number of rotatable bonds is 5. The van der Waals surface area contributed by atoms with Gasteiger partial charge in [0.2, 0.25) is 0 Å². The first-order valence-corrected chi connectivity index (χ1v) is 10.6. The minimum atomic E-state index is 0.477. The van der Waals surface area contributed by atoms with Crippen molar-refractivity contribution in [2.75, 3.05) is 29.1 Å². The number of hydrogen-bond acceptors (Lipinski definition) is 5. The predicted molar refractivity (Wildman–Crippen MR) is 98.0 cm³/mol. The van der Waals surface area contributed by atoms with E-state index in [1.54, 1.807) is 0 Å². The van der Waals surface area contributed by atoms with E-state index in [0.717, 1.165) is 30.4 Å². The van der Waals surface area contributed by atoms with Crippen LogP contribution in [0.3, 0.4) is 0 Å². The highest BCUT2D eigenvalue weighted by Crippen LogP contribution is 2.44. The van der Waals surface area contributed by atoms with Crippen molar-refractivity contribution < 1.29 is 0 Å². The molecule has 20 heavy (non-hydrogen) atoms. The van der Waals surface area contributed by atoms with Crippen molar-refractivity contribution in [2.24, 2.45) is 0 Å². The summed E-state index contributed by atoms with van der Waals surface area (Å²) in [6.07, 6.45) is 3.72. The molecule has 1 aliphatic carbocycles. The van der Waals surface area contributed by atoms with E-state index < -0.39 is 0 Å². The van der Waals surface area contributed by atoms with E-state index in [-0.39, 0.29) is 0 Å². The van der Waals surface area contributed by atoms with E-state index >= 15 is 0 Å². The van der Waals surface area contributed by atoms with Gasteiger partial charge in [-0.15, -0.1) is 11.8 Å². The zero-order chi connectivity index (χ0) is 13.9. The lowest BCUT2D eigenvalue weighted by Gasteiger charge is -2.21. The monoisotopic (exact) mass is 421 g/mol. The highest BCUT2D eigenvalue weighted by Gasteiger charge is 2.31. The Morgan fingerprint density at radius 1 is 1.30 bits per heavy atom. The molecule has 0 bridgehead atoms. The maximum absolute atomic E-state index is 4.93. The molecule has 3 rings (SSSR count). The van der Waals surface area contributed by atoms with Crippen LogP contribution < -0.4 is 5.32 Å². The molecule has 1 atom stereocenters. The second-order valence-electron chi connectivity index (χ2n) is 5.27. The Morgan fingerprint density at radius 3 is 2.80 bits per heavy atom. The first kappa shape index (κ1) is 15.2. The van der Waals surface area contributed by atoms with Gasteiger partial charge in [0.05, 0.1) is 14.5 Å². The van der Waals surface area contributed by atoms with Crippen molar-refractivity contribution in [3.05, 3.63) is 15.1 Å². The topological polar surface area (TPSA) is 37.8 Å². The smallest absolute Gasteiger partial charge is 0.144 e. The van der Waals surface area contributed by atoms with E-state index in [0.29, 0.717) is 11.2 Å². The Hall–Kier alpha value is 0.310. The third kappa shape index (κ3) is 3.55. The summed E-state index contributed by atoms with van der Waals surface area (Å²) >= 11 is 6.48. The van der Waals surface area contributed by atoms with Gasteiger partial charge in [-0.2, -0.15) is 11.8 Å². The molecule has 1 unspecified atom stereocenters. The number of halogens is 1. The Bertz CT molecular complexity index is 474. The molecule has 2 fully saturated rings. The molecule has 0 amide bonds. The van der Waals surface area contributed by atoms with Gasteiger partial charge in [0.15, 0.2) is 0 Å². The minimum Gasteiger partial charge on any atom is -0.369 e. The molecule has 0 spiro atoms. The van der Waals surface area contributed by atoms with E-state index in [2.05, 4.69) is 34.8 Å². The Labute approximate surface area is 143 Å². The molecule has 1 aromatic heterocycles. The highest BCUT2D eigenvalue weighted by atomic mass is 127. The number of aromatic nitrogens is 2. The summed E-state index contributed by atoms with van der Waals surface area (Å²) in [5.74, 6) is 6.46. The molecule has 2 heterocycles. The second kappa shape index (κ2) is 7.05. The largest absolute Gasteiger partial charge is 0.369 e. The van der Waals surface area contributed by atoms with E-state index in [1.165, 1.54) is 33.6 Å². The van der Waals surface area contributed by atoms with Crippen LogP contribution in [0.1, 0.15) is 48.9 Å². The number of thioether (sulfide) groups is 2. The minimum absolute atomic E-state index is 0.477. The van der Waals surface area contributed by atoms with Crippen LogP contribution in [0.4, 0.5) is 5.82 Å². The fourth-order valence-electron chi connectivity index (χ4n) is 2.25. The zero-order valence-corrected chi connectivity index (χ0v) is 15.5. The summed E-state index contributed by atoms with van der Waals surface area (Å²) in [6.45, 7) is 3.18. The maximum Gasteiger partial charge on any atom is 0.144 e. The van der Waals surface area contributed by atoms with Gasteiger partial charge >= 0.3 is 0 Å². The van der Waals surface area contributed by atoms with Crippen molar-refractivity contribution in [3.8, 4) is 0 Å². The van der Waals surface area contributed by atoms with Gasteiger partial charge in [-0.25, -0.2) is 9.97 Å². The SMILES string of the molecule is CCCNc1nc(C2CSCCS2)nc(C2CC2)c1I. The number of nitrogens with zero attached hydrogens (tertiary/aromatic N) is 2. The quantitative estimate of drug-likeness (QED) is 0.718. The van der Waals surface area contributed by atoms with Gasteiger partial charge in [0, 0.05) is 29.7 Å². The summed E-state index contributed by atoms with van der Waals surface area (Å²) in [5.41, 5.74) is 1.30. The molecule has 1 aromatic rings. The molecule has 1 saturated heterocycles. The molecule has 1 N–H and O–H groups in total. The van der Waals surface area contributed by atoms with Gasteiger partial charge in [-0.1, -0.05) is 6.92 Å². The molecular formula is C14H20IN3S2. The van der Waals surface area contributed by atoms with Gasteiger partial charge in [-0.05, 0) is 41.9 Å². The molecule has 1 aliphatic heterocycles. The second-order valence-corrected chi connectivity index (χ2v) is 8.80.